The molecule has 0 heterocycles. The van der Waals surface area contributed by atoms with Crippen LogP contribution in [0.2, 0.25) is 0 Å². The van der Waals surface area contributed by atoms with E-state index in [1.54, 1.807) is 13.0 Å². The van der Waals surface area contributed by atoms with Crippen LogP contribution in [0.15, 0.2) is 36.4 Å². The van der Waals surface area contributed by atoms with E-state index in [0.29, 0.717) is 5.56 Å². The molecule has 2 aromatic rings. The van der Waals surface area contributed by atoms with Gasteiger partial charge in [0.15, 0.2) is 0 Å². The van der Waals surface area contributed by atoms with Gasteiger partial charge < -0.3 is 5.32 Å². The van der Waals surface area contributed by atoms with Gasteiger partial charge in [-0.3, -0.25) is 0 Å². The fourth-order valence-corrected chi connectivity index (χ4v) is 2.26. The summed E-state index contributed by atoms with van der Waals surface area (Å²) in [6.07, 6.45) is 0. The standard InChI is InChI=1S/C17H20FN/c1-11-5-7-14(9-13(11)3)17(19-4)15-8-6-12(2)16(18)10-15/h5-10,17,19H,1-4H3. The summed E-state index contributed by atoms with van der Waals surface area (Å²) in [5.74, 6) is -0.151. The molecule has 1 unspecified atom stereocenters. The number of nitrogens with one attached hydrogen (secondary N) is 1. The van der Waals surface area contributed by atoms with E-state index in [2.05, 4.69) is 37.4 Å². The number of hydrogen-bond donors (Lipinski definition) is 1. The maximum atomic E-state index is 13.7. The number of halogens is 1. The molecule has 0 radical (unpaired) electrons. The van der Waals surface area contributed by atoms with Gasteiger partial charge in [-0.05, 0) is 61.7 Å². The topological polar surface area (TPSA) is 12.0 Å². The van der Waals surface area contributed by atoms with E-state index in [1.807, 2.05) is 19.2 Å². The lowest BCUT2D eigenvalue weighted by molar-refractivity contribution is 0.608. The van der Waals surface area contributed by atoms with Crippen LogP contribution in [0.3, 0.4) is 0 Å². The Hall–Kier alpha value is -1.67. The zero-order valence-electron chi connectivity index (χ0n) is 11.9. The first kappa shape index (κ1) is 13.8. The molecule has 1 nitrogen and oxygen atoms in total. The summed E-state index contributed by atoms with van der Waals surface area (Å²) < 4.78 is 13.7. The van der Waals surface area contributed by atoms with Crippen molar-refractivity contribution in [2.24, 2.45) is 0 Å². The molecular formula is C17H20FN. The van der Waals surface area contributed by atoms with E-state index in [-0.39, 0.29) is 11.9 Å². The Bertz CT molecular complexity index is 538. The molecule has 2 heteroatoms. The third-order valence-electron chi connectivity index (χ3n) is 3.68. The van der Waals surface area contributed by atoms with Crippen molar-refractivity contribution in [3.63, 3.8) is 0 Å². The van der Waals surface area contributed by atoms with E-state index in [1.165, 1.54) is 11.1 Å². The van der Waals surface area contributed by atoms with Gasteiger partial charge in [0.1, 0.15) is 5.82 Å². The minimum absolute atomic E-state index is 0.0226. The average molecular weight is 257 g/mol. The van der Waals surface area contributed by atoms with Gasteiger partial charge in [-0.2, -0.15) is 0 Å². The average Bonchev–Trinajstić information content (AvgIpc) is 2.39. The van der Waals surface area contributed by atoms with Crippen molar-refractivity contribution in [2.75, 3.05) is 7.05 Å². The lowest BCUT2D eigenvalue weighted by atomic mass is 9.95. The van der Waals surface area contributed by atoms with Crippen LogP contribution < -0.4 is 5.32 Å². The van der Waals surface area contributed by atoms with Gasteiger partial charge in [0.05, 0.1) is 6.04 Å². The van der Waals surface area contributed by atoms with E-state index in [0.717, 1.165) is 11.1 Å². The molecule has 0 amide bonds. The second-order valence-corrected chi connectivity index (χ2v) is 5.07. The van der Waals surface area contributed by atoms with Crippen molar-refractivity contribution in [3.8, 4) is 0 Å². The molecule has 0 fully saturated rings. The van der Waals surface area contributed by atoms with Gasteiger partial charge in [-0.25, -0.2) is 4.39 Å². The Morgan fingerprint density at radius 3 is 1.95 bits per heavy atom. The Morgan fingerprint density at radius 1 is 0.842 bits per heavy atom. The van der Waals surface area contributed by atoms with Crippen LogP contribution >= 0.6 is 0 Å². The lowest BCUT2D eigenvalue weighted by Crippen LogP contribution is -2.18. The summed E-state index contributed by atoms with van der Waals surface area (Å²) in [7, 11) is 1.90. The molecule has 2 aromatic carbocycles. The SMILES string of the molecule is CNC(c1ccc(C)c(C)c1)c1ccc(C)c(F)c1. The smallest absolute Gasteiger partial charge is 0.126 e. The highest BCUT2D eigenvalue weighted by atomic mass is 19.1. The highest BCUT2D eigenvalue weighted by Crippen LogP contribution is 2.25. The van der Waals surface area contributed by atoms with Crippen LogP contribution in [0, 0.1) is 26.6 Å². The molecular weight excluding hydrogens is 237 g/mol. The van der Waals surface area contributed by atoms with Crippen molar-refractivity contribution in [2.45, 2.75) is 26.8 Å². The highest BCUT2D eigenvalue weighted by molar-refractivity contribution is 5.38. The summed E-state index contributed by atoms with van der Waals surface area (Å²) in [4.78, 5) is 0. The van der Waals surface area contributed by atoms with Crippen molar-refractivity contribution in [1.82, 2.24) is 5.32 Å². The molecule has 19 heavy (non-hydrogen) atoms. The molecule has 1 atom stereocenters. The van der Waals surface area contributed by atoms with E-state index < -0.39 is 0 Å². The van der Waals surface area contributed by atoms with Crippen LogP contribution in [0.25, 0.3) is 0 Å². The van der Waals surface area contributed by atoms with Crippen molar-refractivity contribution in [1.29, 1.82) is 0 Å². The quantitative estimate of drug-likeness (QED) is 0.874. The van der Waals surface area contributed by atoms with Crippen molar-refractivity contribution >= 4 is 0 Å². The number of hydrogen-bond acceptors (Lipinski definition) is 1. The highest BCUT2D eigenvalue weighted by Gasteiger charge is 2.13. The van der Waals surface area contributed by atoms with Crippen LogP contribution in [-0.2, 0) is 0 Å². The Kier molecular flexibility index (Phi) is 4.01. The first-order chi connectivity index (χ1) is 9.02. The number of benzene rings is 2. The largest absolute Gasteiger partial charge is 0.309 e. The Balaban J connectivity index is 2.43. The summed E-state index contributed by atoms with van der Waals surface area (Å²) >= 11 is 0. The third-order valence-corrected chi connectivity index (χ3v) is 3.68. The number of aryl methyl sites for hydroxylation is 3. The van der Waals surface area contributed by atoms with E-state index >= 15 is 0 Å². The predicted octanol–water partition coefficient (Wildman–Crippen LogP) is 4.06. The lowest BCUT2D eigenvalue weighted by Gasteiger charge is -2.19. The van der Waals surface area contributed by atoms with Crippen molar-refractivity contribution < 1.29 is 4.39 Å². The maximum absolute atomic E-state index is 13.7. The van der Waals surface area contributed by atoms with Gasteiger partial charge in [0.25, 0.3) is 0 Å². The molecule has 0 aromatic heterocycles. The molecule has 0 bridgehead atoms. The Labute approximate surface area is 114 Å². The number of rotatable bonds is 3. The monoisotopic (exact) mass is 257 g/mol. The summed E-state index contributed by atoms with van der Waals surface area (Å²) in [5.41, 5.74) is 5.32. The summed E-state index contributed by atoms with van der Waals surface area (Å²) in [5, 5.41) is 3.26. The summed E-state index contributed by atoms with van der Waals surface area (Å²) in [6, 6.07) is 11.8. The zero-order chi connectivity index (χ0) is 14.0. The molecule has 1 N–H and O–H groups in total. The predicted molar refractivity (Wildman–Crippen MR) is 78.0 cm³/mol. The van der Waals surface area contributed by atoms with E-state index in [4.69, 9.17) is 0 Å². The van der Waals surface area contributed by atoms with Crippen LogP contribution in [0.5, 0.6) is 0 Å². The molecule has 0 aliphatic carbocycles. The molecule has 2 rings (SSSR count). The minimum atomic E-state index is -0.151. The van der Waals surface area contributed by atoms with Crippen LogP contribution in [0.1, 0.15) is 33.9 Å². The molecule has 100 valence electrons. The maximum Gasteiger partial charge on any atom is 0.126 e. The van der Waals surface area contributed by atoms with E-state index in [9.17, 15) is 4.39 Å². The molecule has 0 saturated heterocycles. The normalized spacial score (nSPS) is 12.5. The van der Waals surface area contributed by atoms with Crippen molar-refractivity contribution in [3.05, 3.63) is 70.0 Å². The minimum Gasteiger partial charge on any atom is -0.309 e. The first-order valence-corrected chi connectivity index (χ1v) is 6.53. The van der Waals surface area contributed by atoms with Gasteiger partial charge >= 0.3 is 0 Å². The van der Waals surface area contributed by atoms with Crippen LogP contribution in [-0.4, -0.2) is 7.05 Å². The Morgan fingerprint density at radius 2 is 1.42 bits per heavy atom. The summed E-state index contributed by atoms with van der Waals surface area (Å²) in [6.45, 7) is 5.98. The van der Waals surface area contributed by atoms with Crippen LogP contribution in [0.4, 0.5) is 4.39 Å². The van der Waals surface area contributed by atoms with Gasteiger partial charge in [0.2, 0.25) is 0 Å². The fourth-order valence-electron chi connectivity index (χ4n) is 2.26. The second kappa shape index (κ2) is 5.54. The molecule has 0 aliphatic rings. The molecule has 0 aliphatic heterocycles. The first-order valence-electron chi connectivity index (χ1n) is 6.53. The molecule has 0 saturated carbocycles. The third kappa shape index (κ3) is 2.85. The van der Waals surface area contributed by atoms with Gasteiger partial charge in [-0.15, -0.1) is 0 Å². The zero-order valence-corrected chi connectivity index (χ0v) is 11.9. The van der Waals surface area contributed by atoms with Gasteiger partial charge in [-0.1, -0.05) is 30.3 Å². The molecule has 0 spiro atoms. The van der Waals surface area contributed by atoms with Gasteiger partial charge in [0, 0.05) is 0 Å². The second-order valence-electron chi connectivity index (χ2n) is 5.07. The fraction of sp³-hybridized carbons (Fsp3) is 0.294.